The minimum atomic E-state index is -0.394. The molecule has 1 atom stereocenters. The van der Waals surface area contributed by atoms with Gasteiger partial charge in [0.25, 0.3) is 5.91 Å². The van der Waals surface area contributed by atoms with Crippen molar-refractivity contribution >= 4 is 29.2 Å². The number of rotatable bonds is 6. The predicted molar refractivity (Wildman–Crippen MR) is 125 cm³/mol. The molecule has 2 aromatic carbocycles. The first kappa shape index (κ1) is 21.2. The fourth-order valence-electron chi connectivity index (χ4n) is 4.56. The van der Waals surface area contributed by atoms with Crippen LogP contribution in [0.4, 0.5) is 11.4 Å². The summed E-state index contributed by atoms with van der Waals surface area (Å²) in [4.78, 5) is 17.2. The molecule has 30 heavy (non-hydrogen) atoms. The molecule has 6 heteroatoms. The van der Waals surface area contributed by atoms with Crippen LogP contribution in [-0.4, -0.2) is 54.9 Å². The van der Waals surface area contributed by atoms with E-state index >= 15 is 0 Å². The maximum atomic E-state index is 12.7. The Morgan fingerprint density at radius 1 is 1.10 bits per heavy atom. The van der Waals surface area contributed by atoms with Crippen molar-refractivity contribution < 1.29 is 9.53 Å². The van der Waals surface area contributed by atoms with E-state index in [2.05, 4.69) is 40.1 Å². The van der Waals surface area contributed by atoms with Gasteiger partial charge in [-0.15, -0.1) is 0 Å². The summed E-state index contributed by atoms with van der Waals surface area (Å²) in [7, 11) is 0. The zero-order chi connectivity index (χ0) is 21.0. The van der Waals surface area contributed by atoms with E-state index in [1.165, 1.54) is 11.3 Å². The SMILES string of the molecule is CSNc1ccccc1CCN1CCC2(CC1)CN(c1ccccc1)C(=O)C(C)O2. The van der Waals surface area contributed by atoms with Gasteiger partial charge in [-0.3, -0.25) is 4.79 Å². The van der Waals surface area contributed by atoms with E-state index in [0.29, 0.717) is 6.54 Å². The number of carbonyl (C=O) groups excluding carboxylic acids is 1. The quantitative estimate of drug-likeness (QED) is 0.703. The Hall–Kier alpha value is -2.02. The number of carbonyl (C=O) groups is 1. The molecule has 2 aliphatic rings. The third kappa shape index (κ3) is 4.66. The number of hydrogen-bond donors (Lipinski definition) is 1. The van der Waals surface area contributed by atoms with E-state index in [9.17, 15) is 4.79 Å². The average Bonchev–Trinajstić information content (AvgIpc) is 2.78. The number of amides is 1. The van der Waals surface area contributed by atoms with Crippen molar-refractivity contribution in [2.75, 3.05) is 42.1 Å². The Bertz CT molecular complexity index is 853. The first-order chi connectivity index (χ1) is 14.6. The van der Waals surface area contributed by atoms with Gasteiger partial charge in [-0.1, -0.05) is 48.3 Å². The van der Waals surface area contributed by atoms with Crippen molar-refractivity contribution in [1.29, 1.82) is 0 Å². The highest BCUT2D eigenvalue weighted by molar-refractivity contribution is 7.99. The molecule has 1 N–H and O–H groups in total. The molecule has 5 nitrogen and oxygen atoms in total. The Kier molecular flexibility index (Phi) is 6.66. The lowest BCUT2D eigenvalue weighted by atomic mass is 9.88. The molecule has 1 amide bonds. The van der Waals surface area contributed by atoms with Crippen molar-refractivity contribution in [3.05, 3.63) is 60.2 Å². The number of para-hydroxylation sites is 2. The van der Waals surface area contributed by atoms with Crippen molar-refractivity contribution in [2.24, 2.45) is 0 Å². The summed E-state index contributed by atoms with van der Waals surface area (Å²) in [6, 6.07) is 18.5. The molecule has 0 bridgehead atoms. The average molecular weight is 426 g/mol. The predicted octanol–water partition coefficient (Wildman–Crippen LogP) is 4.21. The van der Waals surface area contributed by atoms with Gasteiger partial charge in [0.2, 0.25) is 0 Å². The molecular weight excluding hydrogens is 394 g/mol. The molecule has 4 rings (SSSR count). The van der Waals surface area contributed by atoms with Gasteiger partial charge in [0.15, 0.2) is 0 Å². The van der Waals surface area contributed by atoms with Crippen LogP contribution in [0.2, 0.25) is 0 Å². The molecule has 2 fully saturated rings. The summed E-state index contributed by atoms with van der Waals surface area (Å²) < 4.78 is 9.69. The van der Waals surface area contributed by atoms with E-state index in [1.807, 2.05) is 42.2 Å². The summed E-state index contributed by atoms with van der Waals surface area (Å²) in [6.07, 6.45) is 4.60. The van der Waals surface area contributed by atoms with Gasteiger partial charge >= 0.3 is 0 Å². The Morgan fingerprint density at radius 2 is 1.80 bits per heavy atom. The topological polar surface area (TPSA) is 44.8 Å². The van der Waals surface area contributed by atoms with Crippen LogP contribution < -0.4 is 9.62 Å². The van der Waals surface area contributed by atoms with Gasteiger partial charge in [0.05, 0.1) is 12.1 Å². The number of nitrogens with one attached hydrogen (secondary N) is 1. The second-order valence-corrected chi connectivity index (χ2v) is 8.87. The minimum Gasteiger partial charge on any atom is -0.360 e. The smallest absolute Gasteiger partial charge is 0.255 e. The molecule has 2 aromatic rings. The first-order valence-electron chi connectivity index (χ1n) is 10.7. The minimum absolute atomic E-state index is 0.0622. The molecule has 0 aromatic heterocycles. The molecular formula is C24H31N3O2S. The van der Waals surface area contributed by atoms with E-state index in [-0.39, 0.29) is 11.5 Å². The number of hydrogen-bond acceptors (Lipinski definition) is 5. The third-order valence-electron chi connectivity index (χ3n) is 6.25. The van der Waals surface area contributed by atoms with E-state index in [0.717, 1.165) is 44.6 Å². The highest BCUT2D eigenvalue weighted by Gasteiger charge is 2.45. The molecule has 2 saturated heterocycles. The van der Waals surface area contributed by atoms with Crippen molar-refractivity contribution in [1.82, 2.24) is 4.90 Å². The van der Waals surface area contributed by atoms with Crippen LogP contribution in [0, 0.1) is 0 Å². The van der Waals surface area contributed by atoms with Gasteiger partial charge in [0, 0.05) is 37.3 Å². The maximum Gasteiger partial charge on any atom is 0.255 e. The van der Waals surface area contributed by atoms with Crippen LogP contribution in [0.1, 0.15) is 25.3 Å². The lowest BCUT2D eigenvalue weighted by Gasteiger charge is -2.49. The standard InChI is InChI=1S/C24H31N3O2S/c1-19-23(28)27(21-9-4-3-5-10-21)18-24(29-19)13-16-26(17-14-24)15-12-20-8-6-7-11-22(20)25-30-2/h3-11,19,25H,12-18H2,1-2H3. The highest BCUT2D eigenvalue weighted by atomic mass is 32.2. The number of morpholine rings is 1. The lowest BCUT2D eigenvalue weighted by molar-refractivity contribution is -0.161. The van der Waals surface area contributed by atoms with Crippen LogP contribution in [0.25, 0.3) is 0 Å². The molecule has 2 heterocycles. The molecule has 1 spiro atoms. The van der Waals surface area contributed by atoms with Gasteiger partial charge in [-0.25, -0.2) is 0 Å². The number of ether oxygens (including phenoxy) is 1. The zero-order valence-electron chi connectivity index (χ0n) is 17.8. The third-order valence-corrected chi connectivity index (χ3v) is 6.67. The summed E-state index contributed by atoms with van der Waals surface area (Å²) in [5.41, 5.74) is 3.30. The summed E-state index contributed by atoms with van der Waals surface area (Å²) in [5, 5.41) is 0. The first-order valence-corrected chi connectivity index (χ1v) is 12.0. The summed E-state index contributed by atoms with van der Waals surface area (Å²) in [5.74, 6) is 0.0622. The van der Waals surface area contributed by atoms with Crippen molar-refractivity contribution in [2.45, 2.75) is 37.9 Å². The zero-order valence-corrected chi connectivity index (χ0v) is 18.7. The van der Waals surface area contributed by atoms with Gasteiger partial charge < -0.3 is 19.3 Å². The Morgan fingerprint density at radius 3 is 2.53 bits per heavy atom. The summed E-state index contributed by atoms with van der Waals surface area (Å²) >= 11 is 1.63. The van der Waals surface area contributed by atoms with Crippen LogP contribution in [-0.2, 0) is 16.0 Å². The van der Waals surface area contributed by atoms with Crippen LogP contribution in [0.3, 0.4) is 0 Å². The normalized spacial score (nSPS) is 21.7. The molecule has 1 unspecified atom stereocenters. The molecule has 0 aliphatic carbocycles. The van der Waals surface area contributed by atoms with Crippen LogP contribution in [0.5, 0.6) is 0 Å². The Balaban J connectivity index is 1.37. The highest BCUT2D eigenvalue weighted by Crippen LogP contribution is 2.35. The van der Waals surface area contributed by atoms with Crippen LogP contribution >= 0.6 is 11.9 Å². The van der Waals surface area contributed by atoms with Gasteiger partial charge in [-0.05, 0) is 49.9 Å². The maximum absolute atomic E-state index is 12.7. The lowest BCUT2D eigenvalue weighted by Crippen LogP contribution is -2.61. The molecule has 2 aliphatic heterocycles. The van der Waals surface area contributed by atoms with E-state index in [1.54, 1.807) is 11.9 Å². The molecule has 0 radical (unpaired) electrons. The largest absolute Gasteiger partial charge is 0.360 e. The summed E-state index contributed by atoms with van der Waals surface area (Å²) in [6.45, 7) is 5.58. The fourth-order valence-corrected chi connectivity index (χ4v) is 4.98. The van der Waals surface area contributed by atoms with Crippen LogP contribution in [0.15, 0.2) is 54.6 Å². The Labute approximate surface area is 183 Å². The number of piperidine rings is 1. The van der Waals surface area contributed by atoms with E-state index < -0.39 is 6.10 Å². The second-order valence-electron chi connectivity index (χ2n) is 8.26. The van der Waals surface area contributed by atoms with E-state index in [4.69, 9.17) is 4.74 Å². The fraction of sp³-hybridized carbons (Fsp3) is 0.458. The van der Waals surface area contributed by atoms with Gasteiger partial charge in [0.1, 0.15) is 6.10 Å². The number of benzene rings is 2. The number of anilines is 2. The van der Waals surface area contributed by atoms with Crippen molar-refractivity contribution in [3.63, 3.8) is 0 Å². The molecule has 160 valence electrons. The molecule has 0 saturated carbocycles. The van der Waals surface area contributed by atoms with Gasteiger partial charge in [-0.2, -0.15) is 0 Å². The van der Waals surface area contributed by atoms with Crippen molar-refractivity contribution in [3.8, 4) is 0 Å². The number of nitrogens with zero attached hydrogens (tertiary/aromatic N) is 2. The second kappa shape index (κ2) is 9.41. The monoisotopic (exact) mass is 425 g/mol. The number of likely N-dealkylation sites (tertiary alicyclic amines) is 1.